The van der Waals surface area contributed by atoms with Crippen LogP contribution in [0.15, 0.2) is 48.5 Å². The van der Waals surface area contributed by atoms with Crippen LogP contribution >= 0.6 is 0 Å². The van der Waals surface area contributed by atoms with Crippen LogP contribution in [0.3, 0.4) is 0 Å². The van der Waals surface area contributed by atoms with Crippen molar-refractivity contribution in [2.24, 2.45) is 0 Å². The average molecular weight is 421 g/mol. The lowest BCUT2D eigenvalue weighted by Crippen LogP contribution is -2.44. The maximum absolute atomic E-state index is 13.2. The quantitative estimate of drug-likeness (QED) is 0.753. The number of hydrogen-bond acceptors (Lipinski definition) is 4. The Bertz CT molecular complexity index is 1000. The molecule has 0 saturated carbocycles. The fraction of sp³-hybridized carbons (Fsp3) is 0.375. The number of nitrogens with zero attached hydrogens (tertiary/aromatic N) is 2. The van der Waals surface area contributed by atoms with E-state index in [2.05, 4.69) is 5.32 Å². The summed E-state index contributed by atoms with van der Waals surface area (Å²) >= 11 is 0. The first kappa shape index (κ1) is 20.9. The lowest BCUT2D eigenvalue weighted by atomic mass is 9.91. The summed E-state index contributed by atoms with van der Waals surface area (Å²) in [6, 6.07) is 14.5. The number of amides is 4. The molecular weight excluding hydrogens is 394 g/mol. The van der Waals surface area contributed by atoms with Crippen LogP contribution < -0.4 is 10.1 Å². The van der Waals surface area contributed by atoms with Crippen molar-refractivity contribution in [3.8, 4) is 5.75 Å². The van der Waals surface area contributed by atoms with Crippen molar-refractivity contribution in [2.45, 2.75) is 38.3 Å². The molecule has 1 N–H and O–H groups in total. The number of likely N-dealkylation sites (tertiary alicyclic amines) is 1. The van der Waals surface area contributed by atoms with Crippen molar-refractivity contribution in [1.82, 2.24) is 15.1 Å². The Morgan fingerprint density at radius 1 is 1.13 bits per heavy atom. The number of ether oxygens (including phenoxy) is 1. The van der Waals surface area contributed by atoms with Gasteiger partial charge in [-0.3, -0.25) is 14.5 Å². The second kappa shape index (κ2) is 8.06. The number of rotatable bonds is 5. The van der Waals surface area contributed by atoms with E-state index in [9.17, 15) is 14.4 Å². The molecule has 7 heteroatoms. The molecule has 4 amide bonds. The van der Waals surface area contributed by atoms with E-state index in [1.807, 2.05) is 55.5 Å². The van der Waals surface area contributed by atoms with Gasteiger partial charge < -0.3 is 15.0 Å². The monoisotopic (exact) mass is 421 g/mol. The minimum atomic E-state index is -1.18. The van der Waals surface area contributed by atoms with Gasteiger partial charge in [-0.2, -0.15) is 0 Å². The van der Waals surface area contributed by atoms with E-state index in [0.717, 1.165) is 34.6 Å². The van der Waals surface area contributed by atoms with E-state index in [0.29, 0.717) is 12.1 Å². The van der Waals surface area contributed by atoms with Crippen molar-refractivity contribution in [2.75, 3.05) is 20.2 Å². The third kappa shape index (κ3) is 3.76. The molecule has 162 valence electrons. The molecule has 0 spiro atoms. The summed E-state index contributed by atoms with van der Waals surface area (Å²) < 4.78 is 5.21. The Hall–Kier alpha value is -3.35. The number of nitrogens with one attached hydrogen (secondary N) is 1. The van der Waals surface area contributed by atoms with E-state index in [1.165, 1.54) is 0 Å². The Balaban J connectivity index is 1.50. The Morgan fingerprint density at radius 3 is 2.45 bits per heavy atom. The zero-order valence-electron chi connectivity index (χ0n) is 18.1. The van der Waals surface area contributed by atoms with Gasteiger partial charge in [0, 0.05) is 6.54 Å². The highest BCUT2D eigenvalue weighted by molar-refractivity contribution is 6.09. The molecule has 2 saturated heterocycles. The van der Waals surface area contributed by atoms with Crippen molar-refractivity contribution in [1.29, 1.82) is 0 Å². The molecule has 4 rings (SSSR count). The van der Waals surface area contributed by atoms with E-state index in [1.54, 1.807) is 18.9 Å². The van der Waals surface area contributed by atoms with Gasteiger partial charge in [-0.1, -0.05) is 42.0 Å². The van der Waals surface area contributed by atoms with Crippen molar-refractivity contribution < 1.29 is 19.1 Å². The van der Waals surface area contributed by atoms with Crippen molar-refractivity contribution >= 4 is 17.8 Å². The highest BCUT2D eigenvalue weighted by Crippen LogP contribution is 2.34. The largest absolute Gasteiger partial charge is 0.497 e. The van der Waals surface area contributed by atoms with Gasteiger partial charge >= 0.3 is 6.03 Å². The molecule has 2 aliphatic heterocycles. The predicted octanol–water partition coefficient (Wildman–Crippen LogP) is 3.13. The molecule has 31 heavy (non-hydrogen) atoms. The standard InChI is InChI=1S/C24H27N3O4/c1-16-6-10-18(11-7-16)24(2)22(29)27(23(30)25-24)15-21(28)26-14-4-5-20(26)17-8-12-19(31-3)13-9-17/h6-13,20H,4-5,14-15H2,1-3H3,(H,25,30). The molecule has 0 radical (unpaired) electrons. The molecule has 2 aromatic rings. The molecule has 0 aromatic heterocycles. The number of methoxy groups -OCH3 is 1. The van der Waals surface area contributed by atoms with Gasteiger partial charge in [-0.15, -0.1) is 0 Å². The topological polar surface area (TPSA) is 79.0 Å². The van der Waals surface area contributed by atoms with Crippen LogP contribution in [0.2, 0.25) is 0 Å². The van der Waals surface area contributed by atoms with Crippen molar-refractivity contribution in [3.05, 3.63) is 65.2 Å². The SMILES string of the molecule is COc1ccc(C2CCCN2C(=O)CN2C(=O)NC(C)(c3ccc(C)cc3)C2=O)cc1. The second-order valence-corrected chi connectivity index (χ2v) is 8.33. The van der Waals surface area contributed by atoms with Gasteiger partial charge in [0.2, 0.25) is 5.91 Å². The number of imide groups is 1. The lowest BCUT2D eigenvalue weighted by molar-refractivity contribution is -0.139. The van der Waals surface area contributed by atoms with Crippen LogP contribution in [-0.4, -0.2) is 47.8 Å². The summed E-state index contributed by atoms with van der Waals surface area (Å²) in [5, 5.41) is 2.77. The predicted molar refractivity (Wildman–Crippen MR) is 115 cm³/mol. The fourth-order valence-electron chi connectivity index (χ4n) is 4.39. The summed E-state index contributed by atoms with van der Waals surface area (Å²) in [4.78, 5) is 41.7. The zero-order valence-corrected chi connectivity index (χ0v) is 18.1. The second-order valence-electron chi connectivity index (χ2n) is 8.33. The van der Waals surface area contributed by atoms with Crippen LogP contribution in [0.1, 0.15) is 42.5 Å². The van der Waals surface area contributed by atoms with E-state index in [4.69, 9.17) is 4.74 Å². The molecule has 2 unspecified atom stereocenters. The lowest BCUT2D eigenvalue weighted by Gasteiger charge is -2.27. The number of carbonyl (C=O) groups is 3. The first-order valence-electron chi connectivity index (χ1n) is 10.5. The van der Waals surface area contributed by atoms with Gasteiger partial charge in [-0.05, 0) is 49.9 Å². The Labute approximate surface area is 182 Å². The third-order valence-corrected chi connectivity index (χ3v) is 6.27. The molecule has 2 atom stereocenters. The maximum Gasteiger partial charge on any atom is 0.325 e. The summed E-state index contributed by atoms with van der Waals surface area (Å²) in [7, 11) is 1.61. The smallest absolute Gasteiger partial charge is 0.325 e. The number of carbonyl (C=O) groups excluding carboxylic acids is 3. The fourth-order valence-corrected chi connectivity index (χ4v) is 4.39. The molecule has 2 aliphatic rings. The Kier molecular flexibility index (Phi) is 5.43. The number of urea groups is 1. The van der Waals surface area contributed by atoms with Crippen LogP contribution in [0.25, 0.3) is 0 Å². The first-order chi connectivity index (χ1) is 14.8. The van der Waals surface area contributed by atoms with Crippen LogP contribution in [0.4, 0.5) is 4.79 Å². The van der Waals surface area contributed by atoms with E-state index < -0.39 is 17.5 Å². The highest BCUT2D eigenvalue weighted by Gasteiger charge is 2.50. The number of aryl methyl sites for hydroxylation is 1. The van der Waals surface area contributed by atoms with Crippen molar-refractivity contribution in [3.63, 3.8) is 0 Å². The third-order valence-electron chi connectivity index (χ3n) is 6.27. The molecule has 2 fully saturated rings. The molecule has 0 bridgehead atoms. The van der Waals surface area contributed by atoms with Gasteiger partial charge in [0.1, 0.15) is 17.8 Å². The van der Waals surface area contributed by atoms with Gasteiger partial charge in [0.15, 0.2) is 0 Å². The number of hydrogen-bond donors (Lipinski definition) is 1. The van der Waals surface area contributed by atoms with Gasteiger partial charge in [0.05, 0.1) is 13.2 Å². The van der Waals surface area contributed by atoms with E-state index >= 15 is 0 Å². The summed E-state index contributed by atoms with van der Waals surface area (Å²) in [5.41, 5.74) is 1.61. The Morgan fingerprint density at radius 2 is 1.81 bits per heavy atom. The summed E-state index contributed by atoms with van der Waals surface area (Å²) in [6.45, 7) is 3.98. The zero-order chi connectivity index (χ0) is 22.2. The minimum Gasteiger partial charge on any atom is -0.497 e. The van der Waals surface area contributed by atoms with Crippen LogP contribution in [0, 0.1) is 6.92 Å². The number of benzene rings is 2. The normalized spacial score (nSPS) is 23.3. The minimum absolute atomic E-state index is 0.0670. The maximum atomic E-state index is 13.2. The summed E-state index contributed by atoms with van der Waals surface area (Å²) in [6.07, 6.45) is 1.73. The van der Waals surface area contributed by atoms with Crippen LogP contribution in [-0.2, 0) is 15.1 Å². The highest BCUT2D eigenvalue weighted by atomic mass is 16.5. The average Bonchev–Trinajstić information content (AvgIpc) is 3.34. The first-order valence-corrected chi connectivity index (χ1v) is 10.5. The molecule has 2 aromatic carbocycles. The molecule has 2 heterocycles. The van der Waals surface area contributed by atoms with Crippen LogP contribution in [0.5, 0.6) is 5.75 Å². The summed E-state index contributed by atoms with van der Waals surface area (Å²) in [5.74, 6) is 0.124. The molecule has 7 nitrogen and oxygen atoms in total. The van der Waals surface area contributed by atoms with Gasteiger partial charge in [-0.25, -0.2) is 4.79 Å². The molecular formula is C24H27N3O4. The van der Waals surface area contributed by atoms with E-state index in [-0.39, 0.29) is 18.5 Å². The van der Waals surface area contributed by atoms with Gasteiger partial charge in [0.25, 0.3) is 5.91 Å². The molecule has 0 aliphatic carbocycles.